The average molecular weight is 264 g/mol. The summed E-state index contributed by atoms with van der Waals surface area (Å²) in [5, 5.41) is 0. The van der Waals surface area contributed by atoms with Crippen molar-refractivity contribution < 1.29 is 9.47 Å². The summed E-state index contributed by atoms with van der Waals surface area (Å²) >= 11 is 0. The van der Waals surface area contributed by atoms with Crippen LogP contribution in [0.2, 0.25) is 0 Å². The first-order chi connectivity index (χ1) is 9.13. The second-order valence-corrected chi connectivity index (χ2v) is 5.39. The summed E-state index contributed by atoms with van der Waals surface area (Å²) in [6.07, 6.45) is 2.74. The van der Waals surface area contributed by atoms with Crippen molar-refractivity contribution in [3.63, 3.8) is 0 Å². The van der Waals surface area contributed by atoms with Crippen LogP contribution in [0.4, 0.5) is 0 Å². The van der Waals surface area contributed by atoms with Gasteiger partial charge in [0.2, 0.25) is 0 Å². The van der Waals surface area contributed by atoms with Crippen LogP contribution < -0.4 is 15.2 Å². The SMILES string of the molecule is COc1ccc(C(N)CN(C)CC2CC2)cc1OC. The summed E-state index contributed by atoms with van der Waals surface area (Å²) < 4.78 is 10.5. The standard InChI is InChI=1S/C15H24N2O2/c1-17(9-11-4-5-11)10-13(16)12-6-7-14(18-2)15(8-12)19-3/h6-8,11,13H,4-5,9-10,16H2,1-3H3. The van der Waals surface area contributed by atoms with E-state index in [2.05, 4.69) is 11.9 Å². The topological polar surface area (TPSA) is 47.7 Å². The highest BCUT2D eigenvalue weighted by molar-refractivity contribution is 5.43. The zero-order valence-corrected chi connectivity index (χ0v) is 12.1. The number of benzene rings is 1. The van der Waals surface area contributed by atoms with E-state index >= 15 is 0 Å². The first-order valence-corrected chi connectivity index (χ1v) is 6.80. The van der Waals surface area contributed by atoms with Crippen LogP contribution in [0.5, 0.6) is 11.5 Å². The first kappa shape index (κ1) is 14.2. The molecule has 1 unspecified atom stereocenters. The van der Waals surface area contributed by atoms with Crippen LogP contribution >= 0.6 is 0 Å². The van der Waals surface area contributed by atoms with Crippen LogP contribution in [0.25, 0.3) is 0 Å². The third-order valence-electron chi connectivity index (χ3n) is 3.61. The zero-order valence-electron chi connectivity index (χ0n) is 12.1. The first-order valence-electron chi connectivity index (χ1n) is 6.80. The average Bonchev–Trinajstić information content (AvgIpc) is 3.21. The fraction of sp³-hybridized carbons (Fsp3) is 0.600. The van der Waals surface area contributed by atoms with Crippen molar-refractivity contribution in [2.24, 2.45) is 11.7 Å². The molecule has 0 spiro atoms. The molecule has 0 heterocycles. The molecule has 1 aliphatic carbocycles. The Morgan fingerprint density at radius 3 is 2.53 bits per heavy atom. The minimum Gasteiger partial charge on any atom is -0.493 e. The van der Waals surface area contributed by atoms with E-state index in [4.69, 9.17) is 15.2 Å². The van der Waals surface area contributed by atoms with Crippen LogP contribution in [-0.4, -0.2) is 39.3 Å². The van der Waals surface area contributed by atoms with Crippen molar-refractivity contribution in [2.75, 3.05) is 34.4 Å². The van der Waals surface area contributed by atoms with E-state index in [0.29, 0.717) is 0 Å². The fourth-order valence-corrected chi connectivity index (χ4v) is 2.34. The predicted molar refractivity (Wildman–Crippen MR) is 76.7 cm³/mol. The molecule has 1 fully saturated rings. The van der Waals surface area contributed by atoms with Crippen LogP contribution in [0.1, 0.15) is 24.4 Å². The van der Waals surface area contributed by atoms with Gasteiger partial charge in [-0.3, -0.25) is 0 Å². The van der Waals surface area contributed by atoms with Gasteiger partial charge in [-0.1, -0.05) is 6.07 Å². The molecular weight excluding hydrogens is 240 g/mol. The lowest BCUT2D eigenvalue weighted by Gasteiger charge is -2.22. The van der Waals surface area contributed by atoms with E-state index in [0.717, 1.165) is 36.1 Å². The van der Waals surface area contributed by atoms with Gasteiger partial charge in [0.1, 0.15) is 0 Å². The third kappa shape index (κ3) is 3.85. The predicted octanol–water partition coefficient (Wildman–Crippen LogP) is 2.05. The van der Waals surface area contributed by atoms with Crippen molar-refractivity contribution in [1.82, 2.24) is 4.90 Å². The van der Waals surface area contributed by atoms with Gasteiger partial charge >= 0.3 is 0 Å². The highest BCUT2D eigenvalue weighted by atomic mass is 16.5. The number of nitrogens with zero attached hydrogens (tertiary/aromatic N) is 1. The Bertz CT molecular complexity index is 419. The number of hydrogen-bond donors (Lipinski definition) is 1. The van der Waals surface area contributed by atoms with E-state index < -0.39 is 0 Å². The lowest BCUT2D eigenvalue weighted by molar-refractivity contribution is 0.300. The maximum absolute atomic E-state index is 6.27. The zero-order chi connectivity index (χ0) is 13.8. The summed E-state index contributed by atoms with van der Waals surface area (Å²) in [6, 6.07) is 5.89. The molecule has 0 bridgehead atoms. The number of methoxy groups -OCH3 is 2. The maximum atomic E-state index is 6.27. The number of rotatable bonds is 7. The Morgan fingerprint density at radius 1 is 1.26 bits per heavy atom. The second-order valence-electron chi connectivity index (χ2n) is 5.39. The number of likely N-dealkylation sites (N-methyl/N-ethyl adjacent to an activating group) is 1. The highest BCUT2D eigenvalue weighted by Crippen LogP contribution is 2.31. The molecule has 0 aliphatic heterocycles. The monoisotopic (exact) mass is 264 g/mol. The van der Waals surface area contributed by atoms with Gasteiger partial charge in [-0.2, -0.15) is 0 Å². The summed E-state index contributed by atoms with van der Waals surface area (Å²) in [5.41, 5.74) is 7.35. The lowest BCUT2D eigenvalue weighted by atomic mass is 10.1. The third-order valence-corrected chi connectivity index (χ3v) is 3.61. The van der Waals surface area contributed by atoms with Crippen LogP contribution in [0.15, 0.2) is 18.2 Å². The van der Waals surface area contributed by atoms with Crippen LogP contribution in [-0.2, 0) is 0 Å². The fourth-order valence-electron chi connectivity index (χ4n) is 2.34. The lowest BCUT2D eigenvalue weighted by Crippen LogP contribution is -2.30. The summed E-state index contributed by atoms with van der Waals surface area (Å²) in [6.45, 7) is 2.02. The molecule has 2 rings (SSSR count). The van der Waals surface area contributed by atoms with Crippen molar-refractivity contribution in [3.8, 4) is 11.5 Å². The van der Waals surface area contributed by atoms with Crippen molar-refractivity contribution in [1.29, 1.82) is 0 Å². The quantitative estimate of drug-likeness (QED) is 0.819. The molecule has 19 heavy (non-hydrogen) atoms. The normalized spacial score (nSPS) is 16.5. The molecule has 2 N–H and O–H groups in total. The van der Waals surface area contributed by atoms with E-state index in [-0.39, 0.29) is 6.04 Å². The largest absolute Gasteiger partial charge is 0.493 e. The molecule has 0 aromatic heterocycles. The van der Waals surface area contributed by atoms with Gasteiger partial charge in [0.15, 0.2) is 11.5 Å². The molecule has 4 nitrogen and oxygen atoms in total. The van der Waals surface area contributed by atoms with Gasteiger partial charge in [-0.25, -0.2) is 0 Å². The Labute approximate surface area is 115 Å². The van der Waals surface area contributed by atoms with E-state index in [9.17, 15) is 0 Å². The Kier molecular flexibility index (Phi) is 4.66. The van der Waals surface area contributed by atoms with Crippen LogP contribution in [0.3, 0.4) is 0 Å². The van der Waals surface area contributed by atoms with Gasteiger partial charge in [0.05, 0.1) is 14.2 Å². The molecule has 106 valence electrons. The molecule has 0 radical (unpaired) electrons. The maximum Gasteiger partial charge on any atom is 0.161 e. The van der Waals surface area contributed by atoms with Crippen molar-refractivity contribution in [2.45, 2.75) is 18.9 Å². The van der Waals surface area contributed by atoms with Gasteiger partial charge in [-0.05, 0) is 43.5 Å². The van der Waals surface area contributed by atoms with Crippen molar-refractivity contribution in [3.05, 3.63) is 23.8 Å². The summed E-state index contributed by atoms with van der Waals surface area (Å²) in [7, 11) is 5.42. The molecule has 0 saturated heterocycles. The van der Waals surface area contributed by atoms with E-state index in [1.807, 2.05) is 18.2 Å². The van der Waals surface area contributed by atoms with E-state index in [1.54, 1.807) is 14.2 Å². The Morgan fingerprint density at radius 2 is 1.95 bits per heavy atom. The minimum absolute atomic E-state index is 0.00329. The molecule has 0 amide bonds. The van der Waals surface area contributed by atoms with Gasteiger partial charge in [-0.15, -0.1) is 0 Å². The molecule has 1 aromatic rings. The Hall–Kier alpha value is -1.26. The minimum atomic E-state index is 0.00329. The molecule has 1 aromatic carbocycles. The molecule has 1 atom stereocenters. The van der Waals surface area contributed by atoms with Gasteiger partial charge < -0.3 is 20.1 Å². The van der Waals surface area contributed by atoms with Crippen LogP contribution in [0, 0.1) is 5.92 Å². The smallest absolute Gasteiger partial charge is 0.161 e. The van der Waals surface area contributed by atoms with E-state index in [1.165, 1.54) is 12.8 Å². The number of hydrogen-bond acceptors (Lipinski definition) is 4. The molecule has 1 saturated carbocycles. The van der Waals surface area contributed by atoms with Gasteiger partial charge in [0, 0.05) is 19.1 Å². The molecule has 1 aliphatic rings. The summed E-state index contributed by atoms with van der Waals surface area (Å²) in [4.78, 5) is 2.32. The van der Waals surface area contributed by atoms with Gasteiger partial charge in [0.25, 0.3) is 0 Å². The highest BCUT2D eigenvalue weighted by Gasteiger charge is 2.23. The second kappa shape index (κ2) is 6.26. The van der Waals surface area contributed by atoms with Crippen molar-refractivity contribution >= 4 is 0 Å². The number of nitrogens with two attached hydrogens (primary N) is 1. The number of ether oxygens (including phenoxy) is 2. The molecule has 4 heteroatoms. The summed E-state index contributed by atoms with van der Waals surface area (Å²) in [5.74, 6) is 2.37. The Balaban J connectivity index is 1.98. The molecular formula is C15H24N2O2.